The number of aliphatic imine (C=N–C) groups is 1. The van der Waals surface area contributed by atoms with E-state index in [1.54, 1.807) is 0 Å². The van der Waals surface area contributed by atoms with Gasteiger partial charge in [0.05, 0.1) is 19.2 Å². The Morgan fingerprint density at radius 2 is 1.73 bits per heavy atom. The number of rotatable bonds is 11. The van der Waals surface area contributed by atoms with Crippen LogP contribution in [0.15, 0.2) is 58.6 Å². The molecular weight excluding hydrogens is 602 g/mol. The number of hydrogen-bond acceptors (Lipinski definition) is 9. The van der Waals surface area contributed by atoms with E-state index in [1.165, 1.54) is 0 Å². The van der Waals surface area contributed by atoms with Crippen LogP contribution in [0.1, 0.15) is 116 Å². The van der Waals surface area contributed by atoms with Gasteiger partial charge in [0.2, 0.25) is 0 Å². The number of hydrogen-bond donors (Lipinski definition) is 3. The van der Waals surface area contributed by atoms with Gasteiger partial charge in [-0.25, -0.2) is 5.53 Å². The molecule has 4 aliphatic rings. The SMILES string of the molecule is CCOc1ccc(C2=NC3(CCC(C(C)(C)C)CC3)N(C(CCC(C)(C)C)c3ccc([C@@H]4OC4NCC4=NNNN4C)cc3)C2=O)cc1. The number of carbonyl (C=O) groups excluding carboxylic acids is 1. The van der Waals surface area contributed by atoms with E-state index in [0.717, 1.165) is 66.8 Å². The van der Waals surface area contributed by atoms with Crippen molar-refractivity contribution >= 4 is 17.5 Å². The van der Waals surface area contributed by atoms with Crippen molar-refractivity contribution in [2.24, 2.45) is 26.8 Å². The molecule has 1 aliphatic carbocycles. The van der Waals surface area contributed by atoms with Gasteiger partial charge in [-0.05, 0) is 97.6 Å². The molecule has 2 fully saturated rings. The monoisotopic (exact) mass is 657 g/mol. The smallest absolute Gasteiger partial charge is 0.275 e. The maximum absolute atomic E-state index is 14.8. The first-order valence-electron chi connectivity index (χ1n) is 17.7. The largest absolute Gasteiger partial charge is 0.494 e. The normalized spacial score (nSPS) is 26.4. The number of nitrogens with one attached hydrogen (secondary N) is 3. The van der Waals surface area contributed by atoms with Gasteiger partial charge < -0.3 is 14.4 Å². The van der Waals surface area contributed by atoms with Gasteiger partial charge in [-0.15, -0.1) is 10.6 Å². The van der Waals surface area contributed by atoms with E-state index in [9.17, 15) is 4.79 Å². The molecule has 0 aromatic heterocycles. The molecule has 0 bridgehead atoms. The van der Waals surface area contributed by atoms with Gasteiger partial charge in [-0.3, -0.25) is 20.1 Å². The molecule has 2 aromatic carbocycles. The van der Waals surface area contributed by atoms with Crippen LogP contribution < -0.4 is 21.1 Å². The van der Waals surface area contributed by atoms with E-state index in [4.69, 9.17) is 14.5 Å². The molecular formula is C38H55N7O3. The van der Waals surface area contributed by atoms with Gasteiger partial charge in [0, 0.05) is 12.6 Å². The molecule has 1 saturated carbocycles. The second kappa shape index (κ2) is 13.4. The molecule has 1 saturated heterocycles. The molecule has 3 N–H and O–H groups in total. The molecule has 48 heavy (non-hydrogen) atoms. The van der Waals surface area contributed by atoms with E-state index in [1.807, 2.05) is 43.2 Å². The molecule has 3 aliphatic heterocycles. The van der Waals surface area contributed by atoms with Crippen LogP contribution in [0.2, 0.25) is 0 Å². The number of likely N-dealkylation sites (N-methyl/N-ethyl adjacent to an activating group) is 1. The Morgan fingerprint density at radius 3 is 2.31 bits per heavy atom. The summed E-state index contributed by atoms with van der Waals surface area (Å²) >= 11 is 0. The summed E-state index contributed by atoms with van der Waals surface area (Å²) in [6.45, 7) is 17.0. The summed E-state index contributed by atoms with van der Waals surface area (Å²) in [5, 5.41) is 9.50. The number of amidine groups is 1. The van der Waals surface area contributed by atoms with E-state index in [2.05, 4.69) is 92.2 Å². The minimum atomic E-state index is -0.553. The van der Waals surface area contributed by atoms with E-state index in [-0.39, 0.29) is 35.1 Å². The molecule has 1 spiro atoms. The molecule has 2 unspecified atom stereocenters. The van der Waals surface area contributed by atoms with Crippen LogP contribution in [0.4, 0.5) is 0 Å². The molecule has 3 heterocycles. The molecule has 2 aromatic rings. The highest BCUT2D eigenvalue weighted by atomic mass is 16.6. The third kappa shape index (κ3) is 7.40. The predicted octanol–water partition coefficient (Wildman–Crippen LogP) is 6.47. The number of hydrazine groups is 2. The minimum Gasteiger partial charge on any atom is -0.494 e. The van der Waals surface area contributed by atoms with Crippen LogP contribution in [0.3, 0.4) is 0 Å². The lowest BCUT2D eigenvalue weighted by molar-refractivity contribution is -0.134. The van der Waals surface area contributed by atoms with Crippen molar-refractivity contribution in [1.82, 2.24) is 26.3 Å². The average molecular weight is 658 g/mol. The maximum Gasteiger partial charge on any atom is 0.275 e. The summed E-state index contributed by atoms with van der Waals surface area (Å²) < 4.78 is 11.7. The number of hydrazone groups is 1. The number of nitrogens with zero attached hydrogens (tertiary/aromatic N) is 4. The van der Waals surface area contributed by atoms with Crippen molar-refractivity contribution in [3.63, 3.8) is 0 Å². The van der Waals surface area contributed by atoms with Crippen molar-refractivity contribution in [1.29, 1.82) is 0 Å². The van der Waals surface area contributed by atoms with Crippen LogP contribution in [-0.4, -0.2) is 59.5 Å². The fraction of sp³-hybridized carbons (Fsp3) is 0.605. The Labute approximate surface area is 286 Å². The Morgan fingerprint density at radius 1 is 1.04 bits per heavy atom. The third-order valence-electron chi connectivity index (χ3n) is 10.5. The molecule has 3 atom stereocenters. The Balaban J connectivity index is 1.28. The fourth-order valence-electron chi connectivity index (χ4n) is 7.50. The van der Waals surface area contributed by atoms with Crippen molar-refractivity contribution in [3.8, 4) is 5.75 Å². The molecule has 1 amide bonds. The summed E-state index contributed by atoms with van der Waals surface area (Å²) in [5.41, 5.74) is 9.20. The van der Waals surface area contributed by atoms with Gasteiger partial charge in [0.1, 0.15) is 29.5 Å². The van der Waals surface area contributed by atoms with Crippen LogP contribution >= 0.6 is 0 Å². The first-order valence-corrected chi connectivity index (χ1v) is 17.7. The number of ether oxygens (including phenoxy) is 2. The average Bonchev–Trinajstić information content (AvgIpc) is 3.63. The zero-order valence-corrected chi connectivity index (χ0v) is 30.1. The quantitative estimate of drug-likeness (QED) is 0.238. The first kappa shape index (κ1) is 34.4. The molecule has 10 nitrogen and oxygen atoms in total. The number of amides is 1. The van der Waals surface area contributed by atoms with Crippen molar-refractivity contribution in [2.75, 3.05) is 20.2 Å². The van der Waals surface area contributed by atoms with Gasteiger partial charge >= 0.3 is 0 Å². The van der Waals surface area contributed by atoms with E-state index in [0.29, 0.717) is 24.8 Å². The van der Waals surface area contributed by atoms with Crippen molar-refractivity contribution in [2.45, 2.75) is 111 Å². The standard InChI is InChI=1S/C38H55N7O3/c1-9-47-29-16-14-26(15-17-29)32-35(46)45(38(40-32)22-18-28(19-23-38)37(5,6)7)30(20-21-36(2,3)4)25-10-12-27(13-11-25)33-34(48-33)39-24-31-41-42-43-44(31)8/h10-17,28,30,33-34,39,42-43H,9,18-24H2,1-8H3/t28?,30?,33-,34?,38?/m0/s1. The highest BCUT2D eigenvalue weighted by Gasteiger charge is 2.53. The molecule has 6 rings (SSSR count). The summed E-state index contributed by atoms with van der Waals surface area (Å²) in [6.07, 6.45) is 5.65. The van der Waals surface area contributed by atoms with Crippen LogP contribution in [0.5, 0.6) is 5.75 Å². The third-order valence-corrected chi connectivity index (χ3v) is 10.5. The van der Waals surface area contributed by atoms with Gasteiger partial charge in [-0.2, -0.15) is 0 Å². The minimum absolute atomic E-state index is 0.0117. The van der Waals surface area contributed by atoms with E-state index >= 15 is 0 Å². The van der Waals surface area contributed by atoms with Gasteiger partial charge in [0.15, 0.2) is 5.84 Å². The number of carbonyl (C=O) groups is 1. The zero-order valence-electron chi connectivity index (χ0n) is 30.1. The number of epoxide rings is 1. The fourth-order valence-corrected chi connectivity index (χ4v) is 7.50. The van der Waals surface area contributed by atoms with Crippen LogP contribution in [0.25, 0.3) is 0 Å². The topological polar surface area (TPSA) is 106 Å². The van der Waals surface area contributed by atoms with Gasteiger partial charge in [-0.1, -0.05) is 65.8 Å². The Hall–Kier alpha value is -3.47. The number of benzene rings is 2. The van der Waals surface area contributed by atoms with Crippen molar-refractivity contribution < 1.29 is 14.3 Å². The maximum atomic E-state index is 14.8. The summed E-state index contributed by atoms with van der Waals surface area (Å²) in [4.78, 5) is 22.4. The summed E-state index contributed by atoms with van der Waals surface area (Å²) in [5.74, 6) is 2.31. The molecule has 260 valence electrons. The highest BCUT2D eigenvalue weighted by Crippen LogP contribution is 2.50. The lowest BCUT2D eigenvalue weighted by atomic mass is 9.69. The second-order valence-electron chi connectivity index (χ2n) is 16.2. The summed E-state index contributed by atoms with van der Waals surface area (Å²) in [6, 6.07) is 16.6. The lowest BCUT2D eigenvalue weighted by Gasteiger charge is -2.47. The van der Waals surface area contributed by atoms with Crippen LogP contribution in [0, 0.1) is 16.7 Å². The predicted molar refractivity (Wildman–Crippen MR) is 190 cm³/mol. The Bertz CT molecular complexity index is 1500. The van der Waals surface area contributed by atoms with Crippen LogP contribution in [-0.2, 0) is 9.53 Å². The highest BCUT2D eigenvalue weighted by molar-refractivity contribution is 6.46. The first-order chi connectivity index (χ1) is 22.8. The van der Waals surface area contributed by atoms with Crippen molar-refractivity contribution in [3.05, 3.63) is 65.2 Å². The lowest BCUT2D eigenvalue weighted by Crippen LogP contribution is -2.51. The van der Waals surface area contributed by atoms with E-state index < -0.39 is 5.66 Å². The second-order valence-corrected chi connectivity index (χ2v) is 16.2. The van der Waals surface area contributed by atoms with Gasteiger partial charge in [0.25, 0.3) is 5.91 Å². The molecule has 10 heteroatoms. The Kier molecular flexibility index (Phi) is 9.63. The zero-order chi connectivity index (χ0) is 34.3. The molecule has 0 radical (unpaired) electrons. The summed E-state index contributed by atoms with van der Waals surface area (Å²) in [7, 11) is 1.91.